The number of pyridine rings is 1. The van der Waals surface area contributed by atoms with Crippen LogP contribution in [0.4, 0.5) is 20.4 Å². The number of ether oxygens (including phenoxy) is 2. The fourth-order valence-corrected chi connectivity index (χ4v) is 3.55. The number of nitrogens with one attached hydrogen (secondary N) is 2. The molecule has 2 N–H and O–H groups in total. The van der Waals surface area contributed by atoms with Crippen molar-refractivity contribution in [1.82, 2.24) is 15.0 Å². The number of nitrogens with zero attached hydrogens (tertiary/aromatic N) is 3. The van der Waals surface area contributed by atoms with Crippen LogP contribution in [-0.4, -0.2) is 34.2 Å². The second-order valence-corrected chi connectivity index (χ2v) is 7.36. The van der Waals surface area contributed by atoms with Gasteiger partial charge in [-0.1, -0.05) is 12.1 Å². The summed E-state index contributed by atoms with van der Waals surface area (Å²) in [5.74, 6) is -0.620. The minimum absolute atomic E-state index is 0.0586. The molecule has 0 aliphatic carbocycles. The summed E-state index contributed by atoms with van der Waals surface area (Å²) >= 11 is 0. The highest BCUT2D eigenvalue weighted by Gasteiger charge is 2.45. The Hall–Kier alpha value is -4.34. The fraction of sp³-hybridized carbons (Fsp3) is 0.130. The number of carbonyl (C=O) groups excluding carboxylic acids is 1. The van der Waals surface area contributed by atoms with E-state index in [1.165, 1.54) is 18.2 Å². The molecular formula is C23H17F2N5O3. The Bertz CT molecular complexity index is 1410. The van der Waals surface area contributed by atoms with Crippen LogP contribution in [0.2, 0.25) is 0 Å². The van der Waals surface area contributed by atoms with Crippen molar-refractivity contribution in [2.24, 2.45) is 0 Å². The van der Waals surface area contributed by atoms with E-state index in [0.717, 1.165) is 22.1 Å². The van der Waals surface area contributed by atoms with Gasteiger partial charge >= 0.3 is 6.29 Å². The third-order valence-corrected chi connectivity index (χ3v) is 5.14. The molecule has 4 aromatic rings. The van der Waals surface area contributed by atoms with Crippen molar-refractivity contribution in [2.75, 3.05) is 17.7 Å². The zero-order chi connectivity index (χ0) is 23.2. The van der Waals surface area contributed by atoms with Crippen molar-refractivity contribution in [1.29, 1.82) is 0 Å². The Morgan fingerprint density at radius 3 is 2.73 bits per heavy atom. The summed E-state index contributed by atoms with van der Waals surface area (Å²) in [6, 6.07) is 11.4. The second-order valence-electron chi connectivity index (χ2n) is 7.36. The second kappa shape index (κ2) is 7.66. The molecule has 1 aliphatic heterocycles. The van der Waals surface area contributed by atoms with Gasteiger partial charge in [-0.3, -0.25) is 4.79 Å². The standard InChI is InChI=1S/C23H17F2N5O3/c1-12-6-7-15(29-21(31)16-4-3-5-18-19(16)33-23(24,25)32-18)9-17(12)13-8-14-11-28-22(26-2)30-20(14)27-10-13/h3-11H,1-2H3,(H,29,31)(H,26,27,28,30). The van der Waals surface area contributed by atoms with Gasteiger partial charge in [-0.15, -0.1) is 8.78 Å². The molecule has 0 saturated carbocycles. The molecule has 0 spiro atoms. The van der Waals surface area contributed by atoms with Gasteiger partial charge in [0.25, 0.3) is 5.91 Å². The molecule has 0 unspecified atom stereocenters. The van der Waals surface area contributed by atoms with Crippen molar-refractivity contribution in [3.05, 3.63) is 66.0 Å². The lowest BCUT2D eigenvalue weighted by molar-refractivity contribution is -0.286. The minimum Gasteiger partial charge on any atom is -0.395 e. The van der Waals surface area contributed by atoms with Gasteiger partial charge in [-0.25, -0.2) is 9.97 Å². The maximum absolute atomic E-state index is 13.5. The van der Waals surface area contributed by atoms with Crippen LogP contribution >= 0.6 is 0 Å². The summed E-state index contributed by atoms with van der Waals surface area (Å²) in [6.07, 6.45) is -0.435. The summed E-state index contributed by atoms with van der Waals surface area (Å²) in [5.41, 5.74) is 3.58. The number of hydrogen-bond acceptors (Lipinski definition) is 7. The van der Waals surface area contributed by atoms with E-state index in [9.17, 15) is 13.6 Å². The van der Waals surface area contributed by atoms with Crippen LogP contribution < -0.4 is 20.1 Å². The molecule has 0 atom stereocenters. The molecule has 33 heavy (non-hydrogen) atoms. The van der Waals surface area contributed by atoms with Gasteiger partial charge in [0.1, 0.15) is 0 Å². The van der Waals surface area contributed by atoms with E-state index in [-0.39, 0.29) is 17.1 Å². The first-order valence-electron chi connectivity index (χ1n) is 9.95. The van der Waals surface area contributed by atoms with Crippen LogP contribution in [0.15, 0.2) is 54.9 Å². The lowest BCUT2D eigenvalue weighted by atomic mass is 10.0. The topological polar surface area (TPSA) is 98.3 Å². The van der Waals surface area contributed by atoms with Gasteiger partial charge in [0.05, 0.1) is 5.56 Å². The number of benzene rings is 2. The molecule has 166 valence electrons. The van der Waals surface area contributed by atoms with Crippen molar-refractivity contribution in [3.63, 3.8) is 0 Å². The third kappa shape index (κ3) is 3.86. The molecule has 5 rings (SSSR count). The fourth-order valence-electron chi connectivity index (χ4n) is 3.55. The summed E-state index contributed by atoms with van der Waals surface area (Å²) in [4.78, 5) is 25.8. The van der Waals surface area contributed by atoms with Gasteiger partial charge < -0.3 is 20.1 Å². The van der Waals surface area contributed by atoms with E-state index in [1.807, 2.05) is 19.1 Å². The number of anilines is 2. The average Bonchev–Trinajstić information content (AvgIpc) is 3.13. The molecule has 1 aliphatic rings. The number of aryl methyl sites for hydroxylation is 1. The normalized spacial score (nSPS) is 13.7. The van der Waals surface area contributed by atoms with Crippen LogP contribution in [0.5, 0.6) is 11.5 Å². The van der Waals surface area contributed by atoms with Crippen LogP contribution in [0.3, 0.4) is 0 Å². The maximum atomic E-state index is 13.5. The van der Waals surface area contributed by atoms with Crippen LogP contribution in [0, 0.1) is 6.92 Å². The van der Waals surface area contributed by atoms with Crippen LogP contribution in [0.25, 0.3) is 22.2 Å². The zero-order valence-corrected chi connectivity index (χ0v) is 17.5. The molecule has 0 radical (unpaired) electrons. The third-order valence-electron chi connectivity index (χ3n) is 5.14. The number of carbonyl (C=O) groups is 1. The van der Waals surface area contributed by atoms with Crippen molar-refractivity contribution in [2.45, 2.75) is 13.2 Å². The number of fused-ring (bicyclic) bond motifs is 2. The molecule has 0 fully saturated rings. The Kier molecular flexibility index (Phi) is 4.77. The van der Waals surface area contributed by atoms with Gasteiger partial charge in [0.2, 0.25) is 5.95 Å². The number of aromatic nitrogens is 3. The molecule has 2 aromatic carbocycles. The lowest BCUT2D eigenvalue weighted by Crippen LogP contribution is -2.26. The average molecular weight is 449 g/mol. The summed E-state index contributed by atoms with van der Waals surface area (Å²) in [5, 5.41) is 6.37. The maximum Gasteiger partial charge on any atom is 0.586 e. The Morgan fingerprint density at radius 2 is 1.91 bits per heavy atom. The van der Waals surface area contributed by atoms with Crippen LogP contribution in [0.1, 0.15) is 15.9 Å². The summed E-state index contributed by atoms with van der Waals surface area (Å²) < 4.78 is 35.8. The lowest BCUT2D eigenvalue weighted by Gasteiger charge is -2.12. The number of hydrogen-bond donors (Lipinski definition) is 2. The first kappa shape index (κ1) is 20.6. The number of alkyl halides is 2. The van der Waals surface area contributed by atoms with E-state index < -0.39 is 12.2 Å². The molecule has 10 heteroatoms. The van der Waals surface area contributed by atoms with E-state index in [0.29, 0.717) is 17.3 Å². The monoisotopic (exact) mass is 449 g/mol. The smallest absolute Gasteiger partial charge is 0.395 e. The van der Waals surface area contributed by atoms with E-state index >= 15 is 0 Å². The quantitative estimate of drug-likeness (QED) is 0.469. The van der Waals surface area contributed by atoms with Crippen molar-refractivity contribution >= 4 is 28.6 Å². The van der Waals surface area contributed by atoms with Gasteiger partial charge in [-0.05, 0) is 48.4 Å². The first-order chi connectivity index (χ1) is 15.8. The van der Waals surface area contributed by atoms with E-state index in [2.05, 4.69) is 35.1 Å². The van der Waals surface area contributed by atoms with Crippen molar-refractivity contribution in [3.8, 4) is 22.6 Å². The highest BCUT2D eigenvalue weighted by Crippen LogP contribution is 2.43. The predicted molar refractivity (Wildman–Crippen MR) is 118 cm³/mol. The predicted octanol–water partition coefficient (Wildman–Crippen LogP) is 4.62. The molecule has 1 amide bonds. The van der Waals surface area contributed by atoms with E-state index in [4.69, 9.17) is 0 Å². The Labute approximate surface area is 186 Å². The highest BCUT2D eigenvalue weighted by atomic mass is 19.3. The SMILES string of the molecule is CNc1ncc2cc(-c3cc(NC(=O)c4cccc5c4OC(F)(F)O5)ccc3C)cnc2n1. The largest absolute Gasteiger partial charge is 0.586 e. The molecule has 3 heterocycles. The van der Waals surface area contributed by atoms with Gasteiger partial charge in [-0.2, -0.15) is 4.98 Å². The van der Waals surface area contributed by atoms with Gasteiger partial charge in [0, 0.05) is 36.1 Å². The molecule has 8 nitrogen and oxygen atoms in total. The van der Waals surface area contributed by atoms with Crippen molar-refractivity contribution < 1.29 is 23.0 Å². The van der Waals surface area contributed by atoms with Gasteiger partial charge in [0.15, 0.2) is 17.1 Å². The molecule has 0 bridgehead atoms. The summed E-state index contributed by atoms with van der Waals surface area (Å²) in [6.45, 7) is 1.93. The highest BCUT2D eigenvalue weighted by molar-refractivity contribution is 6.07. The molecular weight excluding hydrogens is 432 g/mol. The number of rotatable bonds is 4. The van der Waals surface area contributed by atoms with Crippen LogP contribution in [-0.2, 0) is 0 Å². The molecule has 2 aromatic heterocycles. The number of halogens is 2. The number of amides is 1. The number of para-hydroxylation sites is 1. The Morgan fingerprint density at radius 1 is 1.06 bits per heavy atom. The van der Waals surface area contributed by atoms with E-state index in [1.54, 1.807) is 31.6 Å². The zero-order valence-electron chi connectivity index (χ0n) is 17.5. The molecule has 0 saturated heterocycles. The first-order valence-corrected chi connectivity index (χ1v) is 9.95. The summed E-state index contributed by atoms with van der Waals surface area (Å²) in [7, 11) is 1.73. The minimum atomic E-state index is -3.81. The Balaban J connectivity index is 1.45.